The number of halogens is 1. The van der Waals surface area contributed by atoms with Gasteiger partial charge in [0.15, 0.2) is 0 Å². The Morgan fingerprint density at radius 3 is 2.67 bits per heavy atom. The highest BCUT2D eigenvalue weighted by molar-refractivity contribution is 9.10. The Morgan fingerprint density at radius 1 is 1.40 bits per heavy atom. The largest absolute Gasteiger partial charge is 0.478 e. The molecule has 0 amide bonds. The summed E-state index contributed by atoms with van der Waals surface area (Å²) in [5.74, 6) is 0.0485. The molecule has 0 bridgehead atoms. The number of rotatable bonds is 3. The van der Waals surface area contributed by atoms with E-state index >= 15 is 0 Å². The van der Waals surface area contributed by atoms with E-state index in [9.17, 15) is 4.79 Å². The molecule has 0 saturated heterocycles. The van der Waals surface area contributed by atoms with Gasteiger partial charge in [-0.15, -0.1) is 0 Å². The molecule has 0 aliphatic heterocycles. The van der Waals surface area contributed by atoms with E-state index in [0.29, 0.717) is 11.8 Å². The van der Waals surface area contributed by atoms with E-state index in [-0.39, 0.29) is 0 Å². The van der Waals surface area contributed by atoms with Crippen molar-refractivity contribution in [3.05, 3.63) is 46.5 Å². The van der Waals surface area contributed by atoms with Crippen LogP contribution in [0.5, 0.6) is 0 Å². The fraction of sp³-hybridized carbons (Fsp3) is 0.250. The molecular weight excluding hydrogens is 256 g/mol. The maximum Gasteiger partial charge on any atom is 0.327 e. The summed E-state index contributed by atoms with van der Waals surface area (Å²) >= 11 is 3.39. The Morgan fingerprint density at radius 2 is 2.07 bits per heavy atom. The van der Waals surface area contributed by atoms with Crippen molar-refractivity contribution in [2.45, 2.75) is 12.3 Å². The zero-order chi connectivity index (χ0) is 10.8. The van der Waals surface area contributed by atoms with E-state index in [1.165, 1.54) is 11.6 Å². The smallest absolute Gasteiger partial charge is 0.327 e. The molecule has 1 aromatic carbocycles. The molecule has 15 heavy (non-hydrogen) atoms. The van der Waals surface area contributed by atoms with E-state index in [4.69, 9.17) is 5.11 Å². The molecule has 3 heteroatoms. The van der Waals surface area contributed by atoms with Gasteiger partial charge in [-0.25, -0.2) is 4.79 Å². The van der Waals surface area contributed by atoms with Crippen LogP contribution < -0.4 is 0 Å². The highest BCUT2D eigenvalue weighted by atomic mass is 79.9. The summed E-state index contributed by atoms with van der Waals surface area (Å²) in [6, 6.07) is 8.21. The van der Waals surface area contributed by atoms with Gasteiger partial charge < -0.3 is 5.11 Å². The van der Waals surface area contributed by atoms with Crippen molar-refractivity contribution < 1.29 is 9.90 Å². The molecule has 1 aliphatic rings. The van der Waals surface area contributed by atoms with Crippen LogP contribution in [0.3, 0.4) is 0 Å². The third-order valence-corrected chi connectivity index (χ3v) is 3.15. The van der Waals surface area contributed by atoms with Crippen LogP contribution >= 0.6 is 15.9 Å². The van der Waals surface area contributed by atoms with Crippen LogP contribution in [0, 0.1) is 5.92 Å². The van der Waals surface area contributed by atoms with Crippen molar-refractivity contribution >= 4 is 21.9 Å². The Labute approximate surface area is 96.7 Å². The lowest BCUT2D eigenvalue weighted by Crippen LogP contribution is -1.87. The Kier molecular flexibility index (Phi) is 2.91. The molecule has 0 radical (unpaired) electrons. The number of benzene rings is 1. The van der Waals surface area contributed by atoms with Crippen molar-refractivity contribution in [1.29, 1.82) is 0 Å². The van der Waals surface area contributed by atoms with Gasteiger partial charge in [0.1, 0.15) is 0 Å². The molecule has 0 spiro atoms. The summed E-state index contributed by atoms with van der Waals surface area (Å²) in [6.45, 7) is 0. The van der Waals surface area contributed by atoms with Gasteiger partial charge in [0, 0.05) is 10.5 Å². The second-order valence-corrected chi connectivity index (χ2v) is 4.67. The molecule has 2 atom stereocenters. The molecule has 2 rings (SSSR count). The first-order valence-electron chi connectivity index (χ1n) is 4.83. The average molecular weight is 267 g/mol. The van der Waals surface area contributed by atoms with Crippen molar-refractivity contribution in [2.24, 2.45) is 5.92 Å². The van der Waals surface area contributed by atoms with E-state index in [2.05, 4.69) is 28.1 Å². The highest BCUT2D eigenvalue weighted by Crippen LogP contribution is 2.48. The second-order valence-electron chi connectivity index (χ2n) is 3.75. The van der Waals surface area contributed by atoms with Crippen LogP contribution in [0.15, 0.2) is 40.9 Å². The predicted molar refractivity (Wildman–Crippen MR) is 61.8 cm³/mol. The predicted octanol–water partition coefficient (Wildman–Crippen LogP) is 3.19. The van der Waals surface area contributed by atoms with Crippen LogP contribution in [0.4, 0.5) is 0 Å². The van der Waals surface area contributed by atoms with E-state index < -0.39 is 5.97 Å². The minimum absolute atomic E-state index is 0.405. The number of carboxylic acid groups (broad SMARTS) is 1. The first kappa shape index (κ1) is 10.4. The lowest BCUT2D eigenvalue weighted by atomic mass is 10.1. The van der Waals surface area contributed by atoms with Gasteiger partial charge in [-0.05, 0) is 36.0 Å². The molecule has 0 aromatic heterocycles. The lowest BCUT2D eigenvalue weighted by molar-refractivity contribution is -0.131. The summed E-state index contributed by atoms with van der Waals surface area (Å²) in [5.41, 5.74) is 1.29. The fourth-order valence-corrected chi connectivity index (χ4v) is 1.99. The molecular formula is C12H11BrO2. The van der Waals surface area contributed by atoms with Crippen LogP contribution in [-0.4, -0.2) is 11.1 Å². The molecule has 1 aliphatic carbocycles. The SMILES string of the molecule is O=C(O)/C=C/[C@@H]1C[C@H]1c1ccc(Br)cc1. The van der Waals surface area contributed by atoms with E-state index in [1.807, 2.05) is 12.1 Å². The number of carbonyl (C=O) groups is 1. The number of hydrogen-bond donors (Lipinski definition) is 1. The first-order valence-corrected chi connectivity index (χ1v) is 5.62. The summed E-state index contributed by atoms with van der Waals surface area (Å²) in [7, 11) is 0. The highest BCUT2D eigenvalue weighted by Gasteiger charge is 2.35. The third-order valence-electron chi connectivity index (χ3n) is 2.62. The number of allylic oxidation sites excluding steroid dienone is 1. The van der Waals surface area contributed by atoms with Gasteiger partial charge in [-0.1, -0.05) is 34.1 Å². The van der Waals surface area contributed by atoms with Crippen LogP contribution in [0.1, 0.15) is 17.9 Å². The summed E-state index contributed by atoms with van der Waals surface area (Å²) in [5, 5.41) is 8.49. The molecule has 1 saturated carbocycles. The Balaban J connectivity index is 1.99. The molecule has 0 unspecified atom stereocenters. The topological polar surface area (TPSA) is 37.3 Å². The maximum atomic E-state index is 10.3. The molecule has 2 nitrogen and oxygen atoms in total. The van der Waals surface area contributed by atoms with Gasteiger partial charge in [0.05, 0.1) is 0 Å². The molecule has 1 fully saturated rings. The van der Waals surface area contributed by atoms with Gasteiger partial charge in [-0.3, -0.25) is 0 Å². The first-order chi connectivity index (χ1) is 7.16. The quantitative estimate of drug-likeness (QED) is 0.854. The number of carboxylic acids is 1. The van der Waals surface area contributed by atoms with Gasteiger partial charge >= 0.3 is 5.97 Å². The normalized spacial score (nSPS) is 24.3. The van der Waals surface area contributed by atoms with Gasteiger partial charge in [0.25, 0.3) is 0 Å². The second kappa shape index (κ2) is 4.19. The molecule has 78 valence electrons. The zero-order valence-corrected chi connectivity index (χ0v) is 9.65. The standard InChI is InChI=1S/C12H11BrO2/c13-10-4-1-8(2-5-10)11-7-9(11)3-6-12(14)15/h1-6,9,11H,7H2,(H,14,15)/b6-3+/t9-,11+/m1/s1. The fourth-order valence-electron chi connectivity index (χ4n) is 1.73. The lowest BCUT2D eigenvalue weighted by Gasteiger charge is -1.97. The van der Waals surface area contributed by atoms with Crippen LogP contribution in [0.25, 0.3) is 0 Å². The van der Waals surface area contributed by atoms with Crippen molar-refractivity contribution in [1.82, 2.24) is 0 Å². The van der Waals surface area contributed by atoms with Crippen molar-refractivity contribution in [2.75, 3.05) is 0 Å². The monoisotopic (exact) mass is 266 g/mol. The van der Waals surface area contributed by atoms with Crippen molar-refractivity contribution in [3.63, 3.8) is 0 Å². The molecule has 0 heterocycles. The minimum Gasteiger partial charge on any atom is -0.478 e. The summed E-state index contributed by atoms with van der Waals surface area (Å²) < 4.78 is 1.07. The summed E-state index contributed by atoms with van der Waals surface area (Å²) in [6.07, 6.45) is 4.09. The Hall–Kier alpha value is -1.09. The average Bonchev–Trinajstić information content (AvgIpc) is 2.95. The van der Waals surface area contributed by atoms with Gasteiger partial charge in [0.2, 0.25) is 0 Å². The molecule has 1 N–H and O–H groups in total. The third kappa shape index (κ3) is 2.69. The van der Waals surface area contributed by atoms with E-state index in [0.717, 1.165) is 10.9 Å². The number of aliphatic carboxylic acids is 1. The van der Waals surface area contributed by atoms with Gasteiger partial charge in [-0.2, -0.15) is 0 Å². The maximum absolute atomic E-state index is 10.3. The minimum atomic E-state index is -0.864. The van der Waals surface area contributed by atoms with E-state index in [1.54, 1.807) is 6.08 Å². The Bertz CT molecular complexity index is 395. The zero-order valence-electron chi connectivity index (χ0n) is 8.06. The van der Waals surface area contributed by atoms with Crippen LogP contribution in [0.2, 0.25) is 0 Å². The number of hydrogen-bond acceptors (Lipinski definition) is 1. The van der Waals surface area contributed by atoms with Crippen molar-refractivity contribution in [3.8, 4) is 0 Å². The molecule has 1 aromatic rings. The summed E-state index contributed by atoms with van der Waals surface area (Å²) in [4.78, 5) is 10.3. The van der Waals surface area contributed by atoms with Crippen LogP contribution in [-0.2, 0) is 4.79 Å².